The molecule has 3 heterocycles. The molecule has 31 heavy (non-hydrogen) atoms. The van der Waals surface area contributed by atoms with Crippen molar-refractivity contribution in [1.29, 1.82) is 0 Å². The lowest BCUT2D eigenvalue weighted by molar-refractivity contribution is 0.0950. The van der Waals surface area contributed by atoms with E-state index in [1.165, 1.54) is 26.4 Å². The summed E-state index contributed by atoms with van der Waals surface area (Å²) in [5, 5.41) is 7.71. The minimum Gasteiger partial charge on any atom is -0.372 e. The first-order chi connectivity index (χ1) is 14.8. The molecule has 0 aromatic carbocycles. The fourth-order valence-corrected chi connectivity index (χ4v) is 4.51. The van der Waals surface area contributed by atoms with Gasteiger partial charge in [-0.15, -0.1) is 10.2 Å². The van der Waals surface area contributed by atoms with Crippen LogP contribution in [-0.2, 0) is 14.8 Å². The van der Waals surface area contributed by atoms with E-state index in [9.17, 15) is 8.42 Å². The Morgan fingerprint density at radius 1 is 1.19 bits per heavy atom. The molecule has 12 heteroatoms. The molecule has 0 spiro atoms. The second-order valence-corrected chi connectivity index (χ2v) is 9.94. The lowest BCUT2D eigenvalue weighted by atomic mass is 10.2. The number of pyridine rings is 1. The van der Waals surface area contributed by atoms with Crippen LogP contribution in [-0.4, -0.2) is 50.5 Å². The monoisotopic (exact) mass is 463 g/mol. The Hall–Kier alpha value is -2.63. The first-order valence-corrected chi connectivity index (χ1v) is 11.6. The van der Waals surface area contributed by atoms with Gasteiger partial charge in [0.05, 0.1) is 5.02 Å². The van der Waals surface area contributed by atoms with Crippen LogP contribution in [0.1, 0.15) is 43.3 Å². The zero-order chi connectivity index (χ0) is 22.2. The maximum Gasteiger partial charge on any atom is 0.240 e. The van der Waals surface area contributed by atoms with Crippen LogP contribution in [0.4, 0.5) is 5.95 Å². The normalized spacial score (nSPS) is 16.1. The molecule has 1 N–H and O–H groups in total. The van der Waals surface area contributed by atoms with Gasteiger partial charge in [-0.3, -0.25) is 14.3 Å². The molecule has 0 saturated heterocycles. The number of nitrogens with zero attached hydrogens (tertiary/aromatic N) is 6. The number of aromatic nitrogens is 6. The number of ether oxygens (including phenoxy) is 1. The molecule has 1 aliphatic rings. The van der Waals surface area contributed by atoms with Crippen LogP contribution in [0, 0.1) is 6.92 Å². The van der Waals surface area contributed by atoms with E-state index in [0.717, 1.165) is 24.0 Å². The topological polar surface area (TPSA) is 125 Å². The highest BCUT2D eigenvalue weighted by atomic mass is 35.5. The summed E-state index contributed by atoms with van der Waals surface area (Å²) in [5.41, 5.74) is 1.76. The van der Waals surface area contributed by atoms with Gasteiger partial charge in [0.2, 0.25) is 16.0 Å². The molecule has 2 unspecified atom stereocenters. The molecule has 10 nitrogen and oxygen atoms in total. The molecule has 0 radical (unpaired) electrons. The minimum absolute atomic E-state index is 0.135. The molecule has 0 amide bonds. The summed E-state index contributed by atoms with van der Waals surface area (Å²) < 4.78 is 36.1. The van der Waals surface area contributed by atoms with Crippen LogP contribution in [0.2, 0.25) is 5.02 Å². The van der Waals surface area contributed by atoms with Crippen LogP contribution in [0.15, 0.2) is 30.9 Å². The Balaban J connectivity index is 1.64. The van der Waals surface area contributed by atoms with Crippen molar-refractivity contribution in [2.75, 3.05) is 11.8 Å². The van der Waals surface area contributed by atoms with Gasteiger partial charge < -0.3 is 4.74 Å². The van der Waals surface area contributed by atoms with Gasteiger partial charge in [-0.25, -0.2) is 18.4 Å². The van der Waals surface area contributed by atoms with Crippen molar-refractivity contribution in [2.45, 2.75) is 44.1 Å². The third-order valence-corrected chi connectivity index (χ3v) is 6.93. The molecule has 0 aliphatic heterocycles. The van der Waals surface area contributed by atoms with Gasteiger partial charge in [0.15, 0.2) is 11.6 Å². The van der Waals surface area contributed by atoms with Crippen molar-refractivity contribution >= 4 is 27.6 Å². The average Bonchev–Trinajstić information content (AvgIpc) is 3.50. The lowest BCUT2D eigenvalue weighted by Gasteiger charge is -2.22. The number of halogens is 1. The van der Waals surface area contributed by atoms with Crippen LogP contribution < -0.4 is 4.72 Å². The molecule has 1 saturated carbocycles. The van der Waals surface area contributed by atoms with Crippen molar-refractivity contribution < 1.29 is 13.2 Å². The number of anilines is 1. The first kappa shape index (κ1) is 21.6. The summed E-state index contributed by atoms with van der Waals surface area (Å²) in [4.78, 5) is 12.4. The quantitative estimate of drug-likeness (QED) is 0.540. The highest BCUT2D eigenvalue weighted by Gasteiger charge is 2.36. The van der Waals surface area contributed by atoms with Crippen molar-refractivity contribution in [3.8, 4) is 11.4 Å². The van der Waals surface area contributed by atoms with Crippen molar-refractivity contribution in [3.05, 3.63) is 47.3 Å². The van der Waals surface area contributed by atoms with Gasteiger partial charge in [-0.1, -0.05) is 11.6 Å². The summed E-state index contributed by atoms with van der Waals surface area (Å²) >= 11 is 5.83. The number of sulfonamides is 1. The second-order valence-electron chi connectivity index (χ2n) is 7.47. The Kier molecular flexibility index (Phi) is 5.91. The molecule has 164 valence electrons. The molecule has 1 aliphatic carbocycles. The highest BCUT2D eigenvalue weighted by Crippen LogP contribution is 2.40. The average molecular weight is 464 g/mol. The number of rotatable bonds is 8. The Morgan fingerprint density at radius 2 is 1.90 bits per heavy atom. The maximum atomic E-state index is 13.2. The zero-order valence-corrected chi connectivity index (χ0v) is 18.8. The zero-order valence-electron chi connectivity index (χ0n) is 17.2. The molecule has 3 aromatic heterocycles. The summed E-state index contributed by atoms with van der Waals surface area (Å²) in [5.74, 6) is 0.964. The summed E-state index contributed by atoms with van der Waals surface area (Å²) in [7, 11) is -2.51. The summed E-state index contributed by atoms with van der Waals surface area (Å²) in [6.45, 7) is 3.46. The predicted octanol–water partition coefficient (Wildman–Crippen LogP) is 2.94. The largest absolute Gasteiger partial charge is 0.372 e. The number of methoxy groups -OCH3 is 1. The van der Waals surface area contributed by atoms with E-state index < -0.39 is 21.4 Å². The second kappa shape index (κ2) is 8.48. The number of hydrogen-bond donors (Lipinski definition) is 1. The fraction of sp³-hybridized carbons (Fsp3) is 0.421. The van der Waals surface area contributed by atoms with E-state index in [-0.39, 0.29) is 17.8 Å². The van der Waals surface area contributed by atoms with Crippen molar-refractivity contribution in [1.82, 2.24) is 29.7 Å². The van der Waals surface area contributed by atoms with E-state index >= 15 is 0 Å². The number of aryl methyl sites for hydroxylation is 1. The molecule has 0 bridgehead atoms. The predicted molar refractivity (Wildman–Crippen MR) is 115 cm³/mol. The Bertz CT molecular complexity index is 1180. The van der Waals surface area contributed by atoms with Crippen molar-refractivity contribution in [2.24, 2.45) is 0 Å². The molecule has 2 atom stereocenters. The van der Waals surface area contributed by atoms with E-state index in [1.54, 1.807) is 12.4 Å². The summed E-state index contributed by atoms with van der Waals surface area (Å²) in [6, 6.07) is 2.08. The Labute approximate surface area is 185 Å². The van der Waals surface area contributed by atoms with Gasteiger partial charge >= 0.3 is 0 Å². The van der Waals surface area contributed by atoms with E-state index in [2.05, 4.69) is 29.9 Å². The molecular formula is C19H22ClN7O3S. The van der Waals surface area contributed by atoms with Gasteiger partial charge in [0, 0.05) is 43.5 Å². The maximum absolute atomic E-state index is 13.2. The van der Waals surface area contributed by atoms with Crippen LogP contribution in [0.5, 0.6) is 0 Å². The standard InChI is InChI=1S/C19H22ClN7O3S/c1-11-6-13(8-21-7-11)18-24-25-19(27(18)15-4-5-15)26-31(28,29)12(2)16(30-3)17-22-9-14(20)10-23-17/h6-10,12,15-16H,4-5H2,1-3H3,(H,25,26). The van der Waals surface area contributed by atoms with Crippen LogP contribution in [0.3, 0.4) is 0 Å². The van der Waals surface area contributed by atoms with Crippen molar-refractivity contribution in [3.63, 3.8) is 0 Å². The molecule has 3 aromatic rings. The lowest BCUT2D eigenvalue weighted by Crippen LogP contribution is -2.33. The first-order valence-electron chi connectivity index (χ1n) is 9.69. The Morgan fingerprint density at radius 3 is 2.52 bits per heavy atom. The third kappa shape index (κ3) is 4.53. The van der Waals surface area contributed by atoms with Crippen LogP contribution in [0.25, 0.3) is 11.4 Å². The number of hydrogen-bond acceptors (Lipinski definition) is 8. The fourth-order valence-electron chi connectivity index (χ4n) is 3.27. The molecule has 4 rings (SSSR count). The van der Waals surface area contributed by atoms with Gasteiger partial charge in [-0.05, 0) is 38.3 Å². The highest BCUT2D eigenvalue weighted by molar-refractivity contribution is 7.93. The van der Waals surface area contributed by atoms with Gasteiger partial charge in [0.25, 0.3) is 0 Å². The third-order valence-electron chi connectivity index (χ3n) is 5.04. The smallest absolute Gasteiger partial charge is 0.240 e. The number of nitrogens with one attached hydrogen (secondary N) is 1. The van der Waals surface area contributed by atoms with E-state index in [0.29, 0.717) is 10.8 Å². The van der Waals surface area contributed by atoms with Crippen LogP contribution >= 0.6 is 11.6 Å². The SMILES string of the molecule is COC(c1ncc(Cl)cn1)C(C)S(=O)(=O)Nc1nnc(-c2cncc(C)c2)n1C1CC1. The van der Waals surface area contributed by atoms with Gasteiger partial charge in [-0.2, -0.15) is 0 Å². The molecule has 1 fully saturated rings. The molecular weight excluding hydrogens is 442 g/mol. The minimum atomic E-state index is -3.92. The summed E-state index contributed by atoms with van der Waals surface area (Å²) in [6.07, 6.45) is 7.18. The van der Waals surface area contributed by atoms with E-state index in [1.807, 2.05) is 17.6 Å². The van der Waals surface area contributed by atoms with Gasteiger partial charge in [0.1, 0.15) is 11.4 Å². The van der Waals surface area contributed by atoms with E-state index in [4.69, 9.17) is 16.3 Å².